The van der Waals surface area contributed by atoms with Crippen LogP contribution in [-0.4, -0.2) is 38.4 Å². The second-order valence-electron chi connectivity index (χ2n) is 4.11. The van der Waals surface area contributed by atoms with E-state index in [4.69, 9.17) is 5.73 Å². The fraction of sp³-hybridized carbons (Fsp3) is 0.455. The number of nitrogens with two attached hydrogens (primary N) is 1. The van der Waals surface area contributed by atoms with Crippen LogP contribution in [0.1, 0.15) is 6.92 Å². The van der Waals surface area contributed by atoms with Crippen molar-refractivity contribution in [2.75, 3.05) is 23.9 Å². The minimum absolute atomic E-state index is 0.249. The number of anilines is 1. The van der Waals surface area contributed by atoms with E-state index in [2.05, 4.69) is 0 Å². The quantitative estimate of drug-likeness (QED) is 0.874. The molecule has 7 heteroatoms. The summed E-state index contributed by atoms with van der Waals surface area (Å²) in [5, 5.41) is 0. The minimum atomic E-state index is -3.59. The van der Waals surface area contributed by atoms with Gasteiger partial charge in [-0.25, -0.2) is 4.39 Å². The smallest absolute Gasteiger partial charge is 0.304 e. The van der Waals surface area contributed by atoms with Gasteiger partial charge in [0, 0.05) is 13.1 Å². The van der Waals surface area contributed by atoms with Crippen LogP contribution in [0, 0.1) is 5.82 Å². The SMILES string of the molecule is CCN1C(CN)CN(c2cccc(F)c2)S1(=O)=O. The van der Waals surface area contributed by atoms with Crippen LogP contribution in [0.25, 0.3) is 0 Å². The van der Waals surface area contributed by atoms with E-state index in [0.29, 0.717) is 12.2 Å². The average molecular weight is 273 g/mol. The van der Waals surface area contributed by atoms with Crippen molar-refractivity contribution in [3.8, 4) is 0 Å². The zero-order chi connectivity index (χ0) is 13.3. The van der Waals surface area contributed by atoms with Crippen LogP contribution in [0.2, 0.25) is 0 Å². The fourth-order valence-corrected chi connectivity index (χ4v) is 4.02. The Kier molecular flexibility index (Phi) is 3.56. The van der Waals surface area contributed by atoms with Crippen molar-refractivity contribution in [2.45, 2.75) is 13.0 Å². The Morgan fingerprint density at radius 1 is 1.50 bits per heavy atom. The van der Waals surface area contributed by atoms with Gasteiger partial charge in [0.2, 0.25) is 0 Å². The molecule has 2 N–H and O–H groups in total. The Labute approximate surface area is 106 Å². The molecule has 2 rings (SSSR count). The van der Waals surface area contributed by atoms with Gasteiger partial charge in [0.05, 0.1) is 18.3 Å². The summed E-state index contributed by atoms with van der Waals surface area (Å²) in [5.41, 5.74) is 5.92. The molecule has 18 heavy (non-hydrogen) atoms. The van der Waals surface area contributed by atoms with Gasteiger partial charge in [-0.3, -0.25) is 4.31 Å². The molecule has 0 saturated carbocycles. The Balaban J connectivity index is 2.41. The summed E-state index contributed by atoms with van der Waals surface area (Å²) >= 11 is 0. The summed E-state index contributed by atoms with van der Waals surface area (Å²) < 4.78 is 40.3. The summed E-state index contributed by atoms with van der Waals surface area (Å²) in [6, 6.07) is 5.30. The topological polar surface area (TPSA) is 66.6 Å². The maximum Gasteiger partial charge on any atom is 0.304 e. The number of likely N-dealkylation sites (N-methyl/N-ethyl adjacent to an activating group) is 1. The van der Waals surface area contributed by atoms with Crippen molar-refractivity contribution in [2.24, 2.45) is 5.73 Å². The Hall–Kier alpha value is -1.18. The van der Waals surface area contributed by atoms with E-state index in [0.717, 1.165) is 0 Å². The molecule has 1 aromatic carbocycles. The highest BCUT2D eigenvalue weighted by molar-refractivity contribution is 7.90. The first-order valence-electron chi connectivity index (χ1n) is 5.75. The lowest BCUT2D eigenvalue weighted by molar-refractivity contribution is 0.375. The molecular formula is C11H16FN3O2S. The van der Waals surface area contributed by atoms with Crippen molar-refractivity contribution in [3.05, 3.63) is 30.1 Å². The van der Waals surface area contributed by atoms with Crippen LogP contribution in [0.5, 0.6) is 0 Å². The number of rotatable bonds is 3. The number of benzene rings is 1. The molecule has 1 unspecified atom stereocenters. The van der Waals surface area contributed by atoms with Gasteiger partial charge >= 0.3 is 10.2 Å². The predicted molar refractivity (Wildman–Crippen MR) is 67.9 cm³/mol. The van der Waals surface area contributed by atoms with E-state index in [9.17, 15) is 12.8 Å². The third-order valence-electron chi connectivity index (χ3n) is 3.04. The van der Waals surface area contributed by atoms with Crippen LogP contribution in [-0.2, 0) is 10.2 Å². The molecule has 1 fully saturated rings. The average Bonchev–Trinajstić information content (AvgIpc) is 2.59. The lowest BCUT2D eigenvalue weighted by Gasteiger charge is -2.19. The second-order valence-corrected chi connectivity index (χ2v) is 5.92. The Bertz CT molecular complexity index is 535. The summed E-state index contributed by atoms with van der Waals surface area (Å²) in [7, 11) is -3.59. The van der Waals surface area contributed by atoms with Gasteiger partial charge in [-0.15, -0.1) is 0 Å². The molecule has 1 aliphatic heterocycles. The van der Waals surface area contributed by atoms with E-state index in [-0.39, 0.29) is 19.1 Å². The van der Waals surface area contributed by atoms with Gasteiger partial charge in [-0.2, -0.15) is 12.7 Å². The zero-order valence-corrected chi connectivity index (χ0v) is 10.9. The highest BCUT2D eigenvalue weighted by atomic mass is 32.2. The van der Waals surface area contributed by atoms with Crippen molar-refractivity contribution >= 4 is 15.9 Å². The normalized spacial score (nSPS) is 23.5. The maximum atomic E-state index is 13.2. The highest BCUT2D eigenvalue weighted by Gasteiger charge is 2.42. The van der Waals surface area contributed by atoms with Crippen molar-refractivity contribution in [3.63, 3.8) is 0 Å². The van der Waals surface area contributed by atoms with E-state index in [1.165, 1.54) is 26.8 Å². The Morgan fingerprint density at radius 2 is 2.22 bits per heavy atom. The number of hydrogen-bond acceptors (Lipinski definition) is 3. The van der Waals surface area contributed by atoms with Crippen LogP contribution in [0.3, 0.4) is 0 Å². The van der Waals surface area contributed by atoms with Crippen LogP contribution >= 0.6 is 0 Å². The second kappa shape index (κ2) is 4.83. The molecule has 1 atom stereocenters. The third-order valence-corrected chi connectivity index (χ3v) is 5.10. The first kappa shape index (κ1) is 13.3. The van der Waals surface area contributed by atoms with Gasteiger partial charge in [-0.05, 0) is 18.2 Å². The van der Waals surface area contributed by atoms with Crippen molar-refractivity contribution < 1.29 is 12.8 Å². The first-order chi connectivity index (χ1) is 8.50. The van der Waals surface area contributed by atoms with Crippen molar-refractivity contribution in [1.29, 1.82) is 0 Å². The monoisotopic (exact) mass is 273 g/mol. The summed E-state index contributed by atoms with van der Waals surface area (Å²) in [6.45, 7) is 2.63. The van der Waals surface area contributed by atoms with E-state index >= 15 is 0 Å². The number of nitrogens with zero attached hydrogens (tertiary/aromatic N) is 2. The first-order valence-corrected chi connectivity index (χ1v) is 7.15. The molecule has 0 aromatic heterocycles. The lowest BCUT2D eigenvalue weighted by atomic mass is 10.2. The molecule has 0 aliphatic carbocycles. The van der Waals surface area contributed by atoms with Gasteiger partial charge in [0.15, 0.2) is 0 Å². The fourth-order valence-electron chi connectivity index (χ4n) is 2.17. The molecule has 0 radical (unpaired) electrons. The summed E-state index contributed by atoms with van der Waals surface area (Å²) in [5.74, 6) is -0.457. The summed E-state index contributed by atoms with van der Waals surface area (Å²) in [6.07, 6.45) is 0. The van der Waals surface area contributed by atoms with E-state index in [1.54, 1.807) is 13.0 Å². The third kappa shape index (κ3) is 2.09. The van der Waals surface area contributed by atoms with E-state index < -0.39 is 16.0 Å². The zero-order valence-electron chi connectivity index (χ0n) is 10.1. The highest BCUT2D eigenvalue weighted by Crippen LogP contribution is 2.28. The molecule has 1 heterocycles. The van der Waals surface area contributed by atoms with Gasteiger partial charge < -0.3 is 5.73 Å². The molecule has 1 aliphatic rings. The molecular weight excluding hydrogens is 257 g/mol. The van der Waals surface area contributed by atoms with Crippen LogP contribution in [0.15, 0.2) is 24.3 Å². The Morgan fingerprint density at radius 3 is 2.72 bits per heavy atom. The predicted octanol–water partition coefficient (Wildman–Crippen LogP) is 0.540. The van der Waals surface area contributed by atoms with Crippen LogP contribution in [0.4, 0.5) is 10.1 Å². The molecule has 1 aromatic rings. The van der Waals surface area contributed by atoms with Gasteiger partial charge in [0.1, 0.15) is 5.82 Å². The molecule has 1 saturated heterocycles. The van der Waals surface area contributed by atoms with E-state index in [1.807, 2.05) is 0 Å². The molecule has 0 bridgehead atoms. The molecule has 0 spiro atoms. The van der Waals surface area contributed by atoms with Crippen LogP contribution < -0.4 is 10.0 Å². The molecule has 5 nitrogen and oxygen atoms in total. The largest absolute Gasteiger partial charge is 0.329 e. The maximum absolute atomic E-state index is 13.2. The molecule has 0 amide bonds. The van der Waals surface area contributed by atoms with Crippen molar-refractivity contribution in [1.82, 2.24) is 4.31 Å². The lowest BCUT2D eigenvalue weighted by Crippen LogP contribution is -2.39. The number of halogens is 1. The van der Waals surface area contributed by atoms with Gasteiger partial charge in [-0.1, -0.05) is 13.0 Å². The summed E-state index contributed by atoms with van der Waals surface area (Å²) in [4.78, 5) is 0. The minimum Gasteiger partial charge on any atom is -0.329 e. The van der Waals surface area contributed by atoms with Gasteiger partial charge in [0.25, 0.3) is 0 Å². The molecule has 100 valence electrons. The standard InChI is InChI=1S/C11H16FN3O2S/c1-2-14-11(7-13)8-15(18(14,16)17)10-5-3-4-9(12)6-10/h3-6,11H,2,7-8,13H2,1H3. The number of hydrogen-bond donors (Lipinski definition) is 1.